The van der Waals surface area contributed by atoms with E-state index in [1.807, 2.05) is 24.3 Å². The highest BCUT2D eigenvalue weighted by Gasteiger charge is 2.34. The van der Waals surface area contributed by atoms with Crippen molar-refractivity contribution in [3.8, 4) is 0 Å². The summed E-state index contributed by atoms with van der Waals surface area (Å²) in [6, 6.07) is 8.20. The Balaban J connectivity index is 1.94. The number of rotatable bonds is 6. The molecular formula is C19H26O4. The quantitative estimate of drug-likeness (QED) is 0.753. The highest BCUT2D eigenvalue weighted by atomic mass is 16.5. The lowest BCUT2D eigenvalue weighted by molar-refractivity contribution is -0.177. The maximum Gasteiger partial charge on any atom is 0.107 e. The van der Waals surface area contributed by atoms with Crippen molar-refractivity contribution in [2.45, 2.75) is 50.6 Å². The molecule has 1 aromatic rings. The molecule has 0 spiro atoms. The summed E-state index contributed by atoms with van der Waals surface area (Å²) in [6.45, 7) is 1.87. The van der Waals surface area contributed by atoms with Crippen molar-refractivity contribution in [1.82, 2.24) is 0 Å². The number of allylic oxidation sites excluding steroid dienone is 1. The molecular weight excluding hydrogens is 292 g/mol. The normalized spacial score (nSPS) is 28.7. The fourth-order valence-electron chi connectivity index (χ4n) is 2.69. The van der Waals surface area contributed by atoms with Gasteiger partial charge in [0.25, 0.3) is 0 Å². The Bertz CT molecular complexity index is 538. The highest BCUT2D eigenvalue weighted by Crippen LogP contribution is 2.23. The van der Waals surface area contributed by atoms with E-state index in [2.05, 4.69) is 31.2 Å². The Morgan fingerprint density at radius 3 is 2.39 bits per heavy atom. The van der Waals surface area contributed by atoms with Crippen LogP contribution < -0.4 is 0 Å². The standard InChI is InChI=1S/C19H26O4/c1-2-3-6-14-7-4-8-15(11-14)9-5-10-18-16(21)12-17(22)19(13-20)23-18/h3-9,11,16-22H,2,10,12-13H2,1H3. The minimum atomic E-state index is -0.808. The van der Waals surface area contributed by atoms with Crippen molar-refractivity contribution in [3.05, 3.63) is 47.5 Å². The van der Waals surface area contributed by atoms with Gasteiger partial charge in [-0.15, -0.1) is 0 Å². The molecule has 1 fully saturated rings. The maximum absolute atomic E-state index is 9.98. The molecule has 0 amide bonds. The summed E-state index contributed by atoms with van der Waals surface area (Å²) in [5.41, 5.74) is 2.25. The summed E-state index contributed by atoms with van der Waals surface area (Å²) >= 11 is 0. The SMILES string of the molecule is CCC=Cc1cccc(C=CCC2OC(CO)C(O)CC2O)c1. The average molecular weight is 318 g/mol. The summed E-state index contributed by atoms with van der Waals surface area (Å²) in [5, 5.41) is 28.9. The predicted molar refractivity (Wildman–Crippen MR) is 91.8 cm³/mol. The number of benzene rings is 1. The van der Waals surface area contributed by atoms with Crippen LogP contribution in [0.2, 0.25) is 0 Å². The van der Waals surface area contributed by atoms with Gasteiger partial charge in [-0.25, -0.2) is 0 Å². The third kappa shape index (κ3) is 5.29. The second-order valence-corrected chi connectivity index (χ2v) is 5.88. The number of aliphatic hydroxyl groups is 3. The van der Waals surface area contributed by atoms with E-state index in [0.717, 1.165) is 17.5 Å². The summed E-state index contributed by atoms with van der Waals surface area (Å²) in [5.74, 6) is 0. The van der Waals surface area contributed by atoms with Crippen LogP contribution in [0, 0.1) is 0 Å². The molecule has 0 radical (unpaired) electrons. The number of hydrogen-bond acceptors (Lipinski definition) is 4. The van der Waals surface area contributed by atoms with Gasteiger partial charge in [0, 0.05) is 6.42 Å². The van der Waals surface area contributed by atoms with Gasteiger partial charge < -0.3 is 20.1 Å². The first-order chi connectivity index (χ1) is 11.1. The molecule has 4 heteroatoms. The van der Waals surface area contributed by atoms with Crippen molar-refractivity contribution >= 4 is 12.2 Å². The zero-order valence-corrected chi connectivity index (χ0v) is 13.5. The van der Waals surface area contributed by atoms with Crippen LogP contribution in [0.3, 0.4) is 0 Å². The van der Waals surface area contributed by atoms with Gasteiger partial charge in [-0.2, -0.15) is 0 Å². The lowest BCUT2D eigenvalue weighted by Crippen LogP contribution is -2.48. The van der Waals surface area contributed by atoms with E-state index in [4.69, 9.17) is 4.74 Å². The van der Waals surface area contributed by atoms with E-state index < -0.39 is 24.4 Å². The summed E-state index contributed by atoms with van der Waals surface area (Å²) < 4.78 is 5.56. The van der Waals surface area contributed by atoms with Crippen molar-refractivity contribution < 1.29 is 20.1 Å². The van der Waals surface area contributed by atoms with Gasteiger partial charge in [-0.05, 0) is 30.0 Å². The molecule has 23 heavy (non-hydrogen) atoms. The smallest absolute Gasteiger partial charge is 0.107 e. The first-order valence-corrected chi connectivity index (χ1v) is 8.19. The van der Waals surface area contributed by atoms with Crippen molar-refractivity contribution in [1.29, 1.82) is 0 Å². The van der Waals surface area contributed by atoms with Gasteiger partial charge in [0.15, 0.2) is 0 Å². The van der Waals surface area contributed by atoms with Crippen LogP contribution in [0.5, 0.6) is 0 Å². The molecule has 0 aliphatic carbocycles. The zero-order valence-electron chi connectivity index (χ0n) is 13.5. The molecule has 1 aliphatic rings. The number of ether oxygens (including phenoxy) is 1. The molecule has 2 rings (SSSR count). The molecule has 126 valence electrons. The fraction of sp³-hybridized carbons (Fsp3) is 0.474. The summed E-state index contributed by atoms with van der Waals surface area (Å²) in [4.78, 5) is 0. The average Bonchev–Trinajstić information content (AvgIpc) is 2.55. The largest absolute Gasteiger partial charge is 0.394 e. The molecule has 4 unspecified atom stereocenters. The molecule has 1 heterocycles. The Kier molecular flexibility index (Phi) is 6.99. The van der Waals surface area contributed by atoms with Crippen LogP contribution >= 0.6 is 0 Å². The first-order valence-electron chi connectivity index (χ1n) is 8.19. The second kappa shape index (κ2) is 8.99. The zero-order chi connectivity index (χ0) is 16.7. The van der Waals surface area contributed by atoms with Crippen LogP contribution in [-0.2, 0) is 4.74 Å². The Morgan fingerprint density at radius 2 is 1.74 bits per heavy atom. The monoisotopic (exact) mass is 318 g/mol. The van der Waals surface area contributed by atoms with Gasteiger partial charge in [-0.1, -0.05) is 49.4 Å². The summed E-state index contributed by atoms with van der Waals surface area (Å²) in [6.07, 6.45) is 7.44. The lowest BCUT2D eigenvalue weighted by atomic mass is 9.96. The van der Waals surface area contributed by atoms with Gasteiger partial charge >= 0.3 is 0 Å². The molecule has 4 atom stereocenters. The van der Waals surface area contributed by atoms with E-state index in [-0.39, 0.29) is 13.0 Å². The lowest BCUT2D eigenvalue weighted by Gasteiger charge is -2.36. The van der Waals surface area contributed by atoms with Gasteiger partial charge in [-0.3, -0.25) is 0 Å². The van der Waals surface area contributed by atoms with Crippen LogP contribution in [0.1, 0.15) is 37.3 Å². The topological polar surface area (TPSA) is 69.9 Å². The molecule has 0 bridgehead atoms. The highest BCUT2D eigenvalue weighted by molar-refractivity contribution is 5.57. The molecule has 1 aromatic carbocycles. The minimum absolute atomic E-state index is 0.236. The van der Waals surface area contributed by atoms with Crippen molar-refractivity contribution in [2.24, 2.45) is 0 Å². The first kappa shape index (κ1) is 17.9. The Labute approximate surface area is 137 Å². The van der Waals surface area contributed by atoms with E-state index in [0.29, 0.717) is 6.42 Å². The van der Waals surface area contributed by atoms with Crippen molar-refractivity contribution in [2.75, 3.05) is 6.61 Å². The van der Waals surface area contributed by atoms with E-state index >= 15 is 0 Å². The van der Waals surface area contributed by atoms with E-state index in [1.54, 1.807) is 0 Å². The van der Waals surface area contributed by atoms with Gasteiger partial charge in [0.2, 0.25) is 0 Å². The predicted octanol–water partition coefficient (Wildman–Crippen LogP) is 2.38. The number of aliphatic hydroxyl groups excluding tert-OH is 3. The van der Waals surface area contributed by atoms with E-state index in [1.165, 1.54) is 0 Å². The molecule has 1 saturated heterocycles. The summed E-state index contributed by atoms with van der Waals surface area (Å²) in [7, 11) is 0. The van der Waals surface area contributed by atoms with Crippen molar-refractivity contribution in [3.63, 3.8) is 0 Å². The Hall–Kier alpha value is -1.46. The maximum atomic E-state index is 9.98. The van der Waals surface area contributed by atoms with Crippen LogP contribution in [0.15, 0.2) is 36.4 Å². The molecule has 1 aliphatic heterocycles. The van der Waals surface area contributed by atoms with E-state index in [9.17, 15) is 15.3 Å². The molecule has 0 aromatic heterocycles. The third-order valence-corrected chi connectivity index (χ3v) is 4.01. The van der Waals surface area contributed by atoms with Gasteiger partial charge in [0.1, 0.15) is 6.10 Å². The Morgan fingerprint density at radius 1 is 1.09 bits per heavy atom. The van der Waals surface area contributed by atoms with Crippen LogP contribution in [-0.4, -0.2) is 46.3 Å². The molecule has 0 saturated carbocycles. The molecule has 3 N–H and O–H groups in total. The van der Waals surface area contributed by atoms with Gasteiger partial charge in [0.05, 0.1) is 24.9 Å². The van der Waals surface area contributed by atoms with Crippen LogP contribution in [0.25, 0.3) is 12.2 Å². The minimum Gasteiger partial charge on any atom is -0.394 e. The third-order valence-electron chi connectivity index (χ3n) is 4.01. The second-order valence-electron chi connectivity index (χ2n) is 5.88. The number of hydrogen-bond donors (Lipinski definition) is 3. The fourth-order valence-corrected chi connectivity index (χ4v) is 2.69. The van der Waals surface area contributed by atoms with Crippen LogP contribution in [0.4, 0.5) is 0 Å². The molecule has 4 nitrogen and oxygen atoms in total.